The van der Waals surface area contributed by atoms with E-state index in [0.717, 1.165) is 16.9 Å². The number of ether oxygens (including phenoxy) is 1. The summed E-state index contributed by atoms with van der Waals surface area (Å²) in [6, 6.07) is 6.71. The van der Waals surface area contributed by atoms with Gasteiger partial charge in [-0.05, 0) is 37.0 Å². The molecule has 1 N–H and O–H groups in total. The van der Waals surface area contributed by atoms with Gasteiger partial charge in [-0.1, -0.05) is 6.07 Å². The lowest BCUT2D eigenvalue weighted by Crippen LogP contribution is -2.48. The van der Waals surface area contributed by atoms with Crippen LogP contribution in [0.3, 0.4) is 0 Å². The molecule has 1 spiro atoms. The molecule has 7 nitrogen and oxygen atoms in total. The number of piperidine rings is 1. The molecule has 1 saturated heterocycles. The summed E-state index contributed by atoms with van der Waals surface area (Å²) < 4.78 is 7.67. The van der Waals surface area contributed by atoms with Gasteiger partial charge in [-0.3, -0.25) is 9.59 Å². The molecule has 4 rings (SSSR count). The monoisotopic (exact) mass is 402 g/mol. The van der Waals surface area contributed by atoms with Crippen LogP contribution in [-0.2, 0) is 28.1 Å². The van der Waals surface area contributed by atoms with Crippen molar-refractivity contribution in [3.8, 4) is 0 Å². The molecular weight excluding hydrogens is 380 g/mol. The highest BCUT2D eigenvalue weighted by atomic mass is 32.1. The van der Waals surface area contributed by atoms with Gasteiger partial charge in [0, 0.05) is 43.2 Å². The SMILES string of the molecule is O=C(O)c1cc2c(s1)C1(CCN(C(=O)CCn3ccccc3=O)CC1)OCC2. The third-order valence-electron chi connectivity index (χ3n) is 5.57. The molecule has 1 fully saturated rings. The molecule has 0 aromatic carbocycles. The summed E-state index contributed by atoms with van der Waals surface area (Å²) in [5.74, 6) is -0.877. The molecule has 8 heteroatoms. The Morgan fingerprint density at radius 2 is 2.04 bits per heavy atom. The molecule has 0 aliphatic carbocycles. The fourth-order valence-electron chi connectivity index (χ4n) is 4.04. The number of aromatic nitrogens is 1. The maximum Gasteiger partial charge on any atom is 0.345 e. The summed E-state index contributed by atoms with van der Waals surface area (Å²) in [5.41, 5.74) is 0.485. The number of hydrogen-bond acceptors (Lipinski definition) is 5. The zero-order valence-electron chi connectivity index (χ0n) is 15.4. The van der Waals surface area contributed by atoms with E-state index in [0.29, 0.717) is 44.0 Å². The molecule has 2 aliphatic heterocycles. The average Bonchev–Trinajstić information content (AvgIpc) is 3.14. The molecule has 0 saturated carbocycles. The molecule has 0 bridgehead atoms. The second kappa shape index (κ2) is 7.52. The number of aromatic carboxylic acids is 1. The number of carboxylic acids is 1. The van der Waals surface area contributed by atoms with Crippen molar-refractivity contribution in [1.29, 1.82) is 0 Å². The van der Waals surface area contributed by atoms with E-state index in [-0.39, 0.29) is 17.9 Å². The average molecular weight is 402 g/mol. The Bertz CT molecular complexity index is 956. The predicted molar refractivity (Wildman–Crippen MR) is 104 cm³/mol. The van der Waals surface area contributed by atoms with Crippen LogP contribution >= 0.6 is 11.3 Å². The summed E-state index contributed by atoms with van der Waals surface area (Å²) in [5, 5.41) is 9.30. The van der Waals surface area contributed by atoms with Crippen LogP contribution in [0, 0.1) is 0 Å². The van der Waals surface area contributed by atoms with Crippen molar-refractivity contribution in [3.05, 3.63) is 56.1 Å². The second-order valence-electron chi connectivity index (χ2n) is 7.23. The molecule has 2 aromatic heterocycles. The Kier molecular flexibility index (Phi) is 5.07. The number of hydrogen-bond donors (Lipinski definition) is 1. The molecule has 0 unspecified atom stereocenters. The number of carboxylic acid groups (broad SMARTS) is 1. The van der Waals surface area contributed by atoms with E-state index in [9.17, 15) is 19.5 Å². The highest BCUT2D eigenvalue weighted by molar-refractivity contribution is 7.14. The Morgan fingerprint density at radius 3 is 2.75 bits per heavy atom. The molecule has 0 atom stereocenters. The van der Waals surface area contributed by atoms with Crippen molar-refractivity contribution < 1.29 is 19.4 Å². The summed E-state index contributed by atoms with van der Waals surface area (Å²) in [6.45, 7) is 2.09. The summed E-state index contributed by atoms with van der Waals surface area (Å²) in [4.78, 5) is 38.9. The first-order chi connectivity index (χ1) is 13.5. The number of amides is 1. The van der Waals surface area contributed by atoms with Gasteiger partial charge in [0.25, 0.3) is 5.56 Å². The maximum atomic E-state index is 12.6. The van der Waals surface area contributed by atoms with Gasteiger partial charge in [-0.15, -0.1) is 11.3 Å². The zero-order chi connectivity index (χ0) is 19.7. The van der Waals surface area contributed by atoms with Crippen LogP contribution in [0.1, 0.15) is 39.4 Å². The number of likely N-dealkylation sites (tertiary alicyclic amines) is 1. The van der Waals surface area contributed by atoms with Crippen molar-refractivity contribution in [2.75, 3.05) is 19.7 Å². The Balaban J connectivity index is 1.41. The van der Waals surface area contributed by atoms with Crippen molar-refractivity contribution in [2.24, 2.45) is 0 Å². The number of nitrogens with zero attached hydrogens (tertiary/aromatic N) is 2. The molecule has 0 radical (unpaired) electrons. The van der Waals surface area contributed by atoms with Gasteiger partial charge in [-0.2, -0.15) is 0 Å². The lowest BCUT2D eigenvalue weighted by molar-refractivity contribution is -0.140. The first-order valence-corrected chi connectivity index (χ1v) is 10.2. The van der Waals surface area contributed by atoms with E-state index in [1.165, 1.54) is 17.4 Å². The van der Waals surface area contributed by atoms with Gasteiger partial charge in [-0.25, -0.2) is 4.79 Å². The highest BCUT2D eigenvalue weighted by Crippen LogP contribution is 2.45. The van der Waals surface area contributed by atoms with E-state index < -0.39 is 11.6 Å². The van der Waals surface area contributed by atoms with Crippen LogP contribution in [0.2, 0.25) is 0 Å². The van der Waals surface area contributed by atoms with Crippen LogP contribution in [0.5, 0.6) is 0 Å². The minimum Gasteiger partial charge on any atom is -0.477 e. The molecule has 148 valence electrons. The standard InChI is InChI=1S/C20H22N2O5S/c23-16-3-1-2-8-21(16)9-4-17(24)22-10-6-20(7-11-22)18-14(5-12-27-20)13-15(28-18)19(25)26/h1-3,8,13H,4-7,9-12H2,(H,25,26). The Morgan fingerprint density at radius 1 is 1.25 bits per heavy atom. The van der Waals surface area contributed by atoms with Crippen molar-refractivity contribution >= 4 is 23.2 Å². The number of rotatable bonds is 4. The quantitative estimate of drug-likeness (QED) is 0.846. The van der Waals surface area contributed by atoms with Crippen molar-refractivity contribution in [3.63, 3.8) is 0 Å². The molecule has 2 aliphatic rings. The first kappa shape index (κ1) is 18.9. The number of carbonyl (C=O) groups excluding carboxylic acids is 1. The van der Waals surface area contributed by atoms with Crippen LogP contribution in [0.25, 0.3) is 0 Å². The molecule has 4 heterocycles. The first-order valence-electron chi connectivity index (χ1n) is 9.42. The van der Waals surface area contributed by atoms with Gasteiger partial charge in [0.1, 0.15) is 10.5 Å². The van der Waals surface area contributed by atoms with Crippen LogP contribution in [0.15, 0.2) is 35.3 Å². The number of aryl methyl sites for hydroxylation is 1. The smallest absolute Gasteiger partial charge is 0.345 e. The van der Waals surface area contributed by atoms with Gasteiger partial charge >= 0.3 is 5.97 Å². The van der Waals surface area contributed by atoms with Crippen LogP contribution < -0.4 is 5.56 Å². The summed E-state index contributed by atoms with van der Waals surface area (Å²) in [6.07, 6.45) is 4.03. The van der Waals surface area contributed by atoms with E-state index in [1.807, 2.05) is 4.90 Å². The van der Waals surface area contributed by atoms with E-state index in [4.69, 9.17) is 4.74 Å². The van der Waals surface area contributed by atoms with Crippen molar-refractivity contribution in [2.45, 2.75) is 37.8 Å². The van der Waals surface area contributed by atoms with Gasteiger partial charge in [0.15, 0.2) is 0 Å². The largest absolute Gasteiger partial charge is 0.477 e. The third-order valence-corrected chi connectivity index (χ3v) is 6.92. The number of fused-ring (bicyclic) bond motifs is 2. The second-order valence-corrected chi connectivity index (χ2v) is 8.28. The predicted octanol–water partition coefficient (Wildman–Crippen LogP) is 2.09. The third kappa shape index (κ3) is 3.49. The van der Waals surface area contributed by atoms with Gasteiger partial charge in [0.2, 0.25) is 5.91 Å². The number of thiophene rings is 1. The van der Waals surface area contributed by atoms with E-state index in [1.54, 1.807) is 29.0 Å². The number of pyridine rings is 1. The topological polar surface area (TPSA) is 88.8 Å². The lowest BCUT2D eigenvalue weighted by Gasteiger charge is -2.43. The molecule has 1 amide bonds. The zero-order valence-corrected chi connectivity index (χ0v) is 16.2. The number of carbonyl (C=O) groups is 2. The van der Waals surface area contributed by atoms with Crippen LogP contribution in [-0.4, -0.2) is 46.1 Å². The molecule has 28 heavy (non-hydrogen) atoms. The molecule has 2 aromatic rings. The van der Waals surface area contributed by atoms with Gasteiger partial charge < -0.3 is 19.3 Å². The fraction of sp³-hybridized carbons (Fsp3) is 0.450. The van der Waals surface area contributed by atoms with E-state index in [2.05, 4.69) is 0 Å². The normalized spacial score (nSPS) is 18.1. The summed E-state index contributed by atoms with van der Waals surface area (Å²) in [7, 11) is 0. The van der Waals surface area contributed by atoms with E-state index >= 15 is 0 Å². The maximum absolute atomic E-state index is 12.6. The Hall–Kier alpha value is -2.45. The lowest BCUT2D eigenvalue weighted by atomic mass is 9.85. The minimum absolute atomic E-state index is 0.0269. The van der Waals surface area contributed by atoms with Crippen LogP contribution in [0.4, 0.5) is 0 Å². The van der Waals surface area contributed by atoms with Gasteiger partial charge in [0.05, 0.1) is 6.61 Å². The van der Waals surface area contributed by atoms with Crippen molar-refractivity contribution in [1.82, 2.24) is 9.47 Å². The molecular formula is C20H22N2O5S. The fourth-order valence-corrected chi connectivity index (χ4v) is 5.29. The summed E-state index contributed by atoms with van der Waals surface area (Å²) >= 11 is 1.30. The Labute approximate surface area is 166 Å². The highest BCUT2D eigenvalue weighted by Gasteiger charge is 2.43. The minimum atomic E-state index is -0.904.